The molecule has 0 aliphatic rings. The van der Waals surface area contributed by atoms with Crippen molar-refractivity contribution in [2.75, 3.05) is 0 Å². The molecule has 1 N–H and O–H groups in total. The largest absolute Gasteiger partial charge is 0.489 e. The molecule has 0 saturated heterocycles. The van der Waals surface area contributed by atoms with E-state index in [-0.39, 0.29) is 12.3 Å². The van der Waals surface area contributed by atoms with Gasteiger partial charge in [-0.05, 0) is 36.8 Å². The lowest BCUT2D eigenvalue weighted by Crippen LogP contribution is -2.07. The topological polar surface area (TPSA) is 59.4 Å². The van der Waals surface area contributed by atoms with Gasteiger partial charge in [0.2, 0.25) is 0 Å². The highest BCUT2D eigenvalue weighted by Gasteiger charge is 2.11. The summed E-state index contributed by atoms with van der Waals surface area (Å²) in [7, 11) is 0. The number of pyridine rings is 1. The highest BCUT2D eigenvalue weighted by molar-refractivity contribution is 6.31. The molecular formula is C14H12ClNO3. The number of nitrogens with zero attached hydrogens (tertiary/aromatic N) is 1. The third-order valence-corrected chi connectivity index (χ3v) is 3.04. The maximum absolute atomic E-state index is 11.0. The molecule has 1 heterocycles. The van der Waals surface area contributed by atoms with Crippen LogP contribution >= 0.6 is 11.6 Å². The Bertz CT molecular complexity index is 613. The standard InChI is InChI=1S/C14H12ClNO3/c1-9-7-11(4-5-12(9)15)19-8-10-3-2-6-16-13(10)14(17)18/h2-7H,8H2,1H3,(H,17,18). The normalized spacial score (nSPS) is 10.2. The summed E-state index contributed by atoms with van der Waals surface area (Å²) >= 11 is 5.92. The van der Waals surface area contributed by atoms with E-state index in [9.17, 15) is 4.79 Å². The maximum Gasteiger partial charge on any atom is 0.354 e. The summed E-state index contributed by atoms with van der Waals surface area (Å²) in [5.74, 6) is -0.423. The van der Waals surface area contributed by atoms with Gasteiger partial charge in [0, 0.05) is 16.8 Å². The molecule has 1 aromatic carbocycles. The number of rotatable bonds is 4. The monoisotopic (exact) mass is 277 g/mol. The third kappa shape index (κ3) is 3.23. The van der Waals surface area contributed by atoms with Crippen LogP contribution < -0.4 is 4.74 Å². The predicted octanol–water partition coefficient (Wildman–Crippen LogP) is 3.32. The van der Waals surface area contributed by atoms with Crippen molar-refractivity contribution < 1.29 is 14.6 Å². The van der Waals surface area contributed by atoms with Crippen LogP contribution in [0.25, 0.3) is 0 Å². The first-order chi connectivity index (χ1) is 9.08. The lowest BCUT2D eigenvalue weighted by molar-refractivity contribution is 0.0687. The number of aromatic nitrogens is 1. The SMILES string of the molecule is Cc1cc(OCc2cccnc2C(=O)O)ccc1Cl. The molecule has 0 unspecified atom stereocenters. The average Bonchev–Trinajstić information content (AvgIpc) is 2.40. The number of carbonyl (C=O) groups is 1. The Morgan fingerprint density at radius 2 is 2.21 bits per heavy atom. The van der Waals surface area contributed by atoms with Crippen LogP contribution in [0.15, 0.2) is 36.5 Å². The number of carboxylic acid groups (broad SMARTS) is 1. The van der Waals surface area contributed by atoms with Crippen LogP contribution in [-0.2, 0) is 6.61 Å². The summed E-state index contributed by atoms with van der Waals surface area (Å²) in [5.41, 5.74) is 1.44. The Labute approximate surface area is 115 Å². The van der Waals surface area contributed by atoms with Gasteiger partial charge in [0.05, 0.1) is 0 Å². The van der Waals surface area contributed by atoms with Gasteiger partial charge in [0.15, 0.2) is 5.69 Å². The van der Waals surface area contributed by atoms with Crippen LogP contribution in [-0.4, -0.2) is 16.1 Å². The Morgan fingerprint density at radius 3 is 2.89 bits per heavy atom. The van der Waals surface area contributed by atoms with E-state index in [0.29, 0.717) is 16.3 Å². The van der Waals surface area contributed by atoms with Gasteiger partial charge < -0.3 is 9.84 Å². The van der Waals surface area contributed by atoms with Gasteiger partial charge in [0.1, 0.15) is 12.4 Å². The highest BCUT2D eigenvalue weighted by Crippen LogP contribution is 2.22. The number of aromatic carboxylic acids is 1. The molecule has 19 heavy (non-hydrogen) atoms. The number of carboxylic acids is 1. The molecule has 98 valence electrons. The molecule has 0 amide bonds. The molecule has 0 spiro atoms. The molecule has 0 bridgehead atoms. The minimum atomic E-state index is -1.06. The van der Waals surface area contributed by atoms with Gasteiger partial charge in [-0.1, -0.05) is 17.7 Å². The Hall–Kier alpha value is -2.07. The van der Waals surface area contributed by atoms with Crippen LogP contribution in [0.1, 0.15) is 21.6 Å². The first-order valence-electron chi connectivity index (χ1n) is 5.64. The van der Waals surface area contributed by atoms with Crippen molar-refractivity contribution in [3.05, 3.63) is 58.4 Å². The molecule has 0 fully saturated rings. The fourth-order valence-corrected chi connectivity index (χ4v) is 1.73. The number of ether oxygens (including phenoxy) is 1. The molecule has 2 rings (SSSR count). The molecular weight excluding hydrogens is 266 g/mol. The predicted molar refractivity (Wildman–Crippen MR) is 71.7 cm³/mol. The summed E-state index contributed by atoms with van der Waals surface area (Å²) in [6.07, 6.45) is 1.44. The first-order valence-corrected chi connectivity index (χ1v) is 6.02. The number of halogens is 1. The minimum Gasteiger partial charge on any atom is -0.489 e. The first kappa shape index (κ1) is 13.4. The minimum absolute atomic E-state index is 0.00758. The van der Waals surface area contributed by atoms with E-state index in [2.05, 4.69) is 4.98 Å². The van der Waals surface area contributed by atoms with Gasteiger partial charge in [-0.15, -0.1) is 0 Å². The number of aryl methyl sites for hydroxylation is 1. The number of hydrogen-bond donors (Lipinski definition) is 1. The van der Waals surface area contributed by atoms with E-state index in [0.717, 1.165) is 5.56 Å². The summed E-state index contributed by atoms with van der Waals surface area (Å²) in [6.45, 7) is 2.03. The molecule has 0 aliphatic heterocycles. The van der Waals surface area contributed by atoms with Crippen LogP contribution in [0.4, 0.5) is 0 Å². The van der Waals surface area contributed by atoms with Gasteiger partial charge in [-0.25, -0.2) is 9.78 Å². The van der Waals surface area contributed by atoms with Gasteiger partial charge in [-0.2, -0.15) is 0 Å². The Morgan fingerprint density at radius 1 is 1.42 bits per heavy atom. The summed E-state index contributed by atoms with van der Waals surface area (Å²) in [6, 6.07) is 8.65. The van der Waals surface area contributed by atoms with Crippen molar-refractivity contribution in [3.63, 3.8) is 0 Å². The second kappa shape index (κ2) is 5.71. The summed E-state index contributed by atoms with van der Waals surface area (Å²) in [4.78, 5) is 14.8. The molecule has 2 aromatic rings. The number of benzene rings is 1. The zero-order valence-corrected chi connectivity index (χ0v) is 11.0. The van der Waals surface area contributed by atoms with Crippen molar-refractivity contribution in [1.82, 2.24) is 4.98 Å². The smallest absolute Gasteiger partial charge is 0.354 e. The summed E-state index contributed by atoms with van der Waals surface area (Å²) in [5, 5.41) is 9.67. The van der Waals surface area contributed by atoms with E-state index in [1.807, 2.05) is 6.92 Å². The second-order valence-corrected chi connectivity index (χ2v) is 4.42. The van der Waals surface area contributed by atoms with Gasteiger partial charge in [-0.3, -0.25) is 0 Å². The van der Waals surface area contributed by atoms with Crippen LogP contribution in [0.5, 0.6) is 5.75 Å². The quantitative estimate of drug-likeness (QED) is 0.931. The van der Waals surface area contributed by atoms with Crippen molar-refractivity contribution in [1.29, 1.82) is 0 Å². The van der Waals surface area contributed by atoms with E-state index >= 15 is 0 Å². The fourth-order valence-electron chi connectivity index (χ4n) is 1.62. The van der Waals surface area contributed by atoms with Crippen molar-refractivity contribution in [3.8, 4) is 5.75 Å². The van der Waals surface area contributed by atoms with Crippen molar-refractivity contribution in [2.24, 2.45) is 0 Å². The molecule has 0 aliphatic carbocycles. The molecule has 0 atom stereocenters. The van der Waals surface area contributed by atoms with Gasteiger partial charge >= 0.3 is 5.97 Å². The number of hydrogen-bond acceptors (Lipinski definition) is 3. The third-order valence-electron chi connectivity index (χ3n) is 2.62. The van der Waals surface area contributed by atoms with Crippen LogP contribution in [0.3, 0.4) is 0 Å². The van der Waals surface area contributed by atoms with Crippen LogP contribution in [0.2, 0.25) is 5.02 Å². The van der Waals surface area contributed by atoms with Crippen molar-refractivity contribution in [2.45, 2.75) is 13.5 Å². The lowest BCUT2D eigenvalue weighted by atomic mass is 10.2. The molecule has 0 radical (unpaired) electrons. The molecule has 1 aromatic heterocycles. The average molecular weight is 278 g/mol. The highest BCUT2D eigenvalue weighted by atomic mass is 35.5. The molecule has 5 heteroatoms. The molecule has 0 saturated carbocycles. The lowest BCUT2D eigenvalue weighted by Gasteiger charge is -2.09. The van der Waals surface area contributed by atoms with E-state index in [1.54, 1.807) is 30.3 Å². The zero-order chi connectivity index (χ0) is 13.8. The maximum atomic E-state index is 11.0. The van der Waals surface area contributed by atoms with E-state index < -0.39 is 5.97 Å². The zero-order valence-electron chi connectivity index (χ0n) is 10.3. The van der Waals surface area contributed by atoms with E-state index in [4.69, 9.17) is 21.4 Å². The summed E-state index contributed by atoms with van der Waals surface area (Å²) < 4.78 is 5.56. The van der Waals surface area contributed by atoms with Crippen molar-refractivity contribution >= 4 is 17.6 Å². The van der Waals surface area contributed by atoms with E-state index in [1.165, 1.54) is 6.20 Å². The van der Waals surface area contributed by atoms with Crippen LogP contribution in [0, 0.1) is 6.92 Å². The fraction of sp³-hybridized carbons (Fsp3) is 0.143. The molecule has 4 nitrogen and oxygen atoms in total. The Balaban J connectivity index is 2.14. The second-order valence-electron chi connectivity index (χ2n) is 4.02. The Kier molecular flexibility index (Phi) is 4.02. The van der Waals surface area contributed by atoms with Gasteiger partial charge in [0.25, 0.3) is 0 Å².